The van der Waals surface area contributed by atoms with Gasteiger partial charge in [0.05, 0.1) is 18.8 Å². The van der Waals surface area contributed by atoms with Crippen molar-refractivity contribution in [3.05, 3.63) is 83.9 Å². The Morgan fingerprint density at radius 2 is 1.31 bits per heavy atom. The molecule has 0 aliphatic rings. The lowest BCUT2D eigenvalue weighted by molar-refractivity contribution is -0.142. The molecule has 3 aromatic rings. The molecule has 2 aromatic carbocycles. The second kappa shape index (κ2) is 14.9. The number of carbonyl (C=O) groups excluding carboxylic acids is 3. The van der Waals surface area contributed by atoms with E-state index >= 15 is 0 Å². The molecule has 0 fully saturated rings. The van der Waals surface area contributed by atoms with E-state index in [1.165, 1.54) is 36.8 Å². The second-order valence-electron chi connectivity index (χ2n) is 9.57. The molecule has 0 bridgehead atoms. The highest BCUT2D eigenvalue weighted by molar-refractivity contribution is 5.95. The molecule has 0 radical (unpaired) electrons. The summed E-state index contributed by atoms with van der Waals surface area (Å²) in [5.41, 5.74) is 7.33. The third-order valence-electron chi connectivity index (χ3n) is 6.25. The molecule has 0 spiro atoms. The van der Waals surface area contributed by atoms with Gasteiger partial charge in [0.25, 0.3) is 0 Å². The van der Waals surface area contributed by atoms with Gasteiger partial charge in [0, 0.05) is 31.2 Å². The van der Waals surface area contributed by atoms with Crippen molar-refractivity contribution >= 4 is 29.7 Å². The van der Waals surface area contributed by atoms with Crippen LogP contribution in [0, 0.1) is 0 Å². The van der Waals surface area contributed by atoms with Gasteiger partial charge in [-0.2, -0.15) is 0 Å². The van der Waals surface area contributed by atoms with Crippen LogP contribution in [0.1, 0.15) is 23.2 Å². The standard InChI is InChI=1S/C28H32N6O8/c29-20(13-24(36)37)25(38)32-22(12-18-14-30-15-31-18)27(40)33-21(10-17-6-8-19(35)9-7-17)26(39)34-23(28(41)42)11-16-4-2-1-3-5-16/h1-9,14-15,20-23,35H,10-13,29H2,(H,30,31)(H,32,38)(H,33,40)(H,34,39)(H,36,37)(H,41,42). The van der Waals surface area contributed by atoms with Crippen LogP contribution >= 0.6 is 0 Å². The number of phenols is 1. The van der Waals surface area contributed by atoms with Crippen molar-refractivity contribution in [2.24, 2.45) is 5.73 Å². The summed E-state index contributed by atoms with van der Waals surface area (Å²) >= 11 is 0. The first-order valence-electron chi connectivity index (χ1n) is 12.9. The molecule has 0 saturated carbocycles. The summed E-state index contributed by atoms with van der Waals surface area (Å²) < 4.78 is 0. The molecule has 9 N–H and O–H groups in total. The molecule has 3 amide bonds. The molecular formula is C28H32N6O8. The molecule has 0 saturated heterocycles. The number of amides is 3. The highest BCUT2D eigenvalue weighted by Crippen LogP contribution is 2.13. The van der Waals surface area contributed by atoms with Crippen molar-refractivity contribution in [1.29, 1.82) is 0 Å². The third kappa shape index (κ3) is 9.75. The minimum absolute atomic E-state index is 0.0121. The second-order valence-corrected chi connectivity index (χ2v) is 9.57. The molecular weight excluding hydrogens is 548 g/mol. The third-order valence-corrected chi connectivity index (χ3v) is 6.25. The minimum atomic E-state index is -1.44. The molecule has 0 aliphatic heterocycles. The predicted octanol–water partition coefficient (Wildman–Crippen LogP) is -0.516. The number of carboxylic acids is 2. The zero-order valence-corrected chi connectivity index (χ0v) is 22.4. The van der Waals surface area contributed by atoms with Crippen molar-refractivity contribution < 1.29 is 39.3 Å². The lowest BCUT2D eigenvalue weighted by Gasteiger charge is -2.25. The normalized spacial score (nSPS) is 13.6. The van der Waals surface area contributed by atoms with Crippen LogP contribution in [0.15, 0.2) is 67.1 Å². The predicted molar refractivity (Wildman–Crippen MR) is 148 cm³/mol. The maximum absolute atomic E-state index is 13.5. The summed E-state index contributed by atoms with van der Waals surface area (Å²) in [5.74, 6) is -5.11. The van der Waals surface area contributed by atoms with Crippen molar-refractivity contribution in [2.45, 2.75) is 49.9 Å². The van der Waals surface area contributed by atoms with Crippen LogP contribution in [0.4, 0.5) is 0 Å². The fourth-order valence-corrected chi connectivity index (χ4v) is 4.06. The number of imidazole rings is 1. The van der Waals surface area contributed by atoms with E-state index in [0.29, 0.717) is 16.8 Å². The van der Waals surface area contributed by atoms with Gasteiger partial charge in [-0.1, -0.05) is 42.5 Å². The molecule has 222 valence electrons. The van der Waals surface area contributed by atoms with Crippen LogP contribution in [-0.2, 0) is 43.2 Å². The summed E-state index contributed by atoms with van der Waals surface area (Å²) in [7, 11) is 0. The summed E-state index contributed by atoms with van der Waals surface area (Å²) in [5, 5.41) is 35.8. The number of aromatic amines is 1. The number of H-pyrrole nitrogens is 1. The minimum Gasteiger partial charge on any atom is -0.508 e. The van der Waals surface area contributed by atoms with E-state index in [1.54, 1.807) is 30.3 Å². The molecule has 3 rings (SSSR count). The molecule has 14 nitrogen and oxygen atoms in total. The van der Waals surface area contributed by atoms with E-state index in [9.17, 15) is 34.2 Å². The van der Waals surface area contributed by atoms with E-state index in [2.05, 4.69) is 25.9 Å². The van der Waals surface area contributed by atoms with Crippen LogP contribution in [0.3, 0.4) is 0 Å². The smallest absolute Gasteiger partial charge is 0.326 e. The molecule has 4 unspecified atom stereocenters. The Bertz CT molecular complexity index is 1360. The number of aromatic hydroxyl groups is 1. The fourth-order valence-electron chi connectivity index (χ4n) is 4.06. The molecule has 14 heteroatoms. The number of carboxylic acid groups (broad SMARTS) is 2. The number of benzene rings is 2. The van der Waals surface area contributed by atoms with Crippen LogP contribution < -0.4 is 21.7 Å². The summed E-state index contributed by atoms with van der Waals surface area (Å²) in [6.45, 7) is 0. The van der Waals surface area contributed by atoms with Crippen LogP contribution in [0.5, 0.6) is 5.75 Å². The van der Waals surface area contributed by atoms with E-state index in [1.807, 2.05) is 0 Å². The van der Waals surface area contributed by atoms with Crippen molar-refractivity contribution in [3.8, 4) is 5.75 Å². The van der Waals surface area contributed by atoms with Crippen LogP contribution in [0.2, 0.25) is 0 Å². The van der Waals surface area contributed by atoms with Gasteiger partial charge < -0.3 is 42.0 Å². The number of nitrogens with zero attached hydrogens (tertiary/aromatic N) is 1. The van der Waals surface area contributed by atoms with Crippen molar-refractivity contribution in [3.63, 3.8) is 0 Å². The maximum Gasteiger partial charge on any atom is 0.326 e. The monoisotopic (exact) mass is 580 g/mol. The molecule has 4 atom stereocenters. The zero-order chi connectivity index (χ0) is 30.6. The summed E-state index contributed by atoms with van der Waals surface area (Å²) in [4.78, 5) is 69.1. The summed E-state index contributed by atoms with van der Waals surface area (Å²) in [6, 6.07) is 9.20. The Morgan fingerprint density at radius 1 is 0.762 bits per heavy atom. The Kier molecular flexibility index (Phi) is 11.1. The van der Waals surface area contributed by atoms with E-state index in [-0.39, 0.29) is 25.0 Å². The average molecular weight is 581 g/mol. The molecule has 1 aromatic heterocycles. The zero-order valence-electron chi connectivity index (χ0n) is 22.4. The first kappa shape index (κ1) is 31.3. The number of nitrogens with one attached hydrogen (secondary N) is 4. The van der Waals surface area contributed by atoms with Crippen LogP contribution in [0.25, 0.3) is 0 Å². The van der Waals surface area contributed by atoms with Gasteiger partial charge >= 0.3 is 11.9 Å². The maximum atomic E-state index is 13.5. The van der Waals surface area contributed by atoms with Gasteiger partial charge in [0.15, 0.2) is 0 Å². The Labute approximate surface area is 240 Å². The molecule has 1 heterocycles. The van der Waals surface area contributed by atoms with E-state index < -0.39 is 60.2 Å². The van der Waals surface area contributed by atoms with Crippen molar-refractivity contribution in [1.82, 2.24) is 25.9 Å². The number of nitrogens with two attached hydrogens (primary N) is 1. The number of phenolic OH excluding ortho intramolecular Hbond substituents is 1. The number of rotatable bonds is 15. The van der Waals surface area contributed by atoms with Crippen molar-refractivity contribution in [2.75, 3.05) is 0 Å². The van der Waals surface area contributed by atoms with Gasteiger partial charge in [0.2, 0.25) is 17.7 Å². The highest BCUT2D eigenvalue weighted by Gasteiger charge is 2.31. The molecule has 42 heavy (non-hydrogen) atoms. The number of aliphatic carboxylic acids is 2. The topological polar surface area (TPSA) is 237 Å². The fraction of sp³-hybridized carbons (Fsp3) is 0.286. The SMILES string of the molecule is NC(CC(=O)O)C(=O)NC(Cc1cnc[nH]1)C(=O)NC(Cc1ccc(O)cc1)C(=O)NC(Cc1ccccc1)C(=O)O. The highest BCUT2D eigenvalue weighted by atomic mass is 16.4. The van der Waals surface area contributed by atoms with Gasteiger partial charge in [-0.15, -0.1) is 0 Å². The van der Waals surface area contributed by atoms with Gasteiger partial charge in [-0.3, -0.25) is 19.2 Å². The average Bonchev–Trinajstić information content (AvgIpc) is 3.46. The number of aromatic nitrogens is 2. The van der Waals surface area contributed by atoms with Gasteiger partial charge in [-0.05, 0) is 23.3 Å². The van der Waals surface area contributed by atoms with Crippen LogP contribution in [-0.4, -0.2) is 79.1 Å². The van der Waals surface area contributed by atoms with Gasteiger partial charge in [0.1, 0.15) is 23.9 Å². The first-order chi connectivity index (χ1) is 20.0. The Hall–Kier alpha value is -5.24. The first-order valence-corrected chi connectivity index (χ1v) is 12.9. The van der Waals surface area contributed by atoms with E-state index in [4.69, 9.17) is 10.8 Å². The number of hydrogen-bond donors (Lipinski definition) is 8. The number of carbonyl (C=O) groups is 5. The lowest BCUT2D eigenvalue weighted by Crippen LogP contribution is -2.58. The molecule has 0 aliphatic carbocycles. The number of hydrogen-bond acceptors (Lipinski definition) is 8. The largest absolute Gasteiger partial charge is 0.508 e. The Balaban J connectivity index is 1.83. The van der Waals surface area contributed by atoms with E-state index in [0.717, 1.165) is 0 Å². The summed E-state index contributed by atoms with van der Waals surface area (Å²) in [6.07, 6.45) is 1.92. The van der Waals surface area contributed by atoms with Gasteiger partial charge in [-0.25, -0.2) is 9.78 Å². The quantitative estimate of drug-likeness (QED) is 0.114. The Morgan fingerprint density at radius 3 is 1.88 bits per heavy atom. The lowest BCUT2D eigenvalue weighted by atomic mass is 10.0.